The van der Waals surface area contributed by atoms with Crippen molar-refractivity contribution in [3.63, 3.8) is 0 Å². The molecular formula is C17H22N2O. The van der Waals surface area contributed by atoms with Gasteiger partial charge in [-0.15, -0.1) is 0 Å². The van der Waals surface area contributed by atoms with Gasteiger partial charge in [0, 0.05) is 12.1 Å². The molecule has 2 saturated carbocycles. The van der Waals surface area contributed by atoms with Crippen molar-refractivity contribution in [3.05, 3.63) is 23.8 Å². The Morgan fingerprint density at radius 1 is 1.20 bits per heavy atom. The predicted octanol–water partition coefficient (Wildman–Crippen LogP) is 3.95. The van der Waals surface area contributed by atoms with E-state index in [1.165, 1.54) is 38.5 Å². The molecule has 1 aromatic carbocycles. The summed E-state index contributed by atoms with van der Waals surface area (Å²) in [4.78, 5) is 0. The Labute approximate surface area is 120 Å². The fourth-order valence-corrected chi connectivity index (χ4v) is 3.45. The van der Waals surface area contributed by atoms with Crippen LogP contribution in [0, 0.1) is 23.2 Å². The molecule has 1 aromatic rings. The smallest absolute Gasteiger partial charge is 0.143 e. The average molecular weight is 270 g/mol. The van der Waals surface area contributed by atoms with Crippen LogP contribution in [0.15, 0.2) is 18.2 Å². The normalized spacial score (nSPS) is 25.8. The molecule has 2 aliphatic carbocycles. The summed E-state index contributed by atoms with van der Waals surface area (Å²) in [5, 5.41) is 12.6. The van der Waals surface area contributed by atoms with E-state index in [-0.39, 0.29) is 0 Å². The van der Waals surface area contributed by atoms with Crippen LogP contribution >= 0.6 is 0 Å². The first kappa shape index (κ1) is 13.3. The van der Waals surface area contributed by atoms with Crippen molar-refractivity contribution < 1.29 is 4.74 Å². The van der Waals surface area contributed by atoms with E-state index in [2.05, 4.69) is 11.4 Å². The first-order valence-electron chi connectivity index (χ1n) is 7.65. The van der Waals surface area contributed by atoms with Crippen LogP contribution in [0.5, 0.6) is 5.75 Å². The molecule has 2 unspecified atom stereocenters. The quantitative estimate of drug-likeness (QED) is 0.901. The van der Waals surface area contributed by atoms with Crippen LogP contribution in [-0.2, 0) is 0 Å². The lowest BCUT2D eigenvalue weighted by Crippen LogP contribution is -2.28. The van der Waals surface area contributed by atoms with E-state index < -0.39 is 0 Å². The molecule has 0 radical (unpaired) electrons. The molecule has 3 heteroatoms. The summed E-state index contributed by atoms with van der Waals surface area (Å²) in [6.07, 6.45) is 8.15. The third-order valence-corrected chi connectivity index (χ3v) is 4.69. The van der Waals surface area contributed by atoms with Gasteiger partial charge in [0.2, 0.25) is 0 Å². The van der Waals surface area contributed by atoms with Gasteiger partial charge in [0.05, 0.1) is 24.4 Å². The number of nitrogens with one attached hydrogen (secondary N) is 1. The summed E-state index contributed by atoms with van der Waals surface area (Å²) in [6, 6.07) is 8.34. The van der Waals surface area contributed by atoms with Crippen molar-refractivity contribution >= 4 is 5.69 Å². The number of rotatable bonds is 4. The molecular weight excluding hydrogens is 248 g/mol. The number of hydrogen-bond donors (Lipinski definition) is 1. The third kappa shape index (κ3) is 2.90. The maximum absolute atomic E-state index is 8.95. The van der Waals surface area contributed by atoms with Crippen LogP contribution in [0.1, 0.15) is 44.1 Å². The average Bonchev–Trinajstić information content (AvgIpc) is 3.32. The Morgan fingerprint density at radius 2 is 2.05 bits per heavy atom. The van der Waals surface area contributed by atoms with Crippen LogP contribution in [-0.4, -0.2) is 13.2 Å². The van der Waals surface area contributed by atoms with Gasteiger partial charge in [0.15, 0.2) is 0 Å². The van der Waals surface area contributed by atoms with E-state index in [0.29, 0.717) is 11.6 Å². The van der Waals surface area contributed by atoms with Crippen LogP contribution in [0.2, 0.25) is 0 Å². The number of hydrogen-bond acceptors (Lipinski definition) is 3. The summed E-state index contributed by atoms with van der Waals surface area (Å²) >= 11 is 0. The van der Waals surface area contributed by atoms with Crippen LogP contribution in [0.4, 0.5) is 5.69 Å². The predicted molar refractivity (Wildman–Crippen MR) is 79.8 cm³/mol. The molecule has 3 nitrogen and oxygen atoms in total. The number of methoxy groups -OCH3 is 1. The van der Waals surface area contributed by atoms with Gasteiger partial charge in [0.1, 0.15) is 5.75 Å². The summed E-state index contributed by atoms with van der Waals surface area (Å²) in [7, 11) is 1.66. The molecule has 3 rings (SSSR count). The third-order valence-electron chi connectivity index (χ3n) is 4.69. The number of nitriles is 1. The Kier molecular flexibility index (Phi) is 3.82. The summed E-state index contributed by atoms with van der Waals surface area (Å²) in [5.41, 5.74) is 1.67. The van der Waals surface area contributed by atoms with Gasteiger partial charge in [0.25, 0.3) is 0 Å². The summed E-state index contributed by atoms with van der Waals surface area (Å²) in [5.74, 6) is 2.70. The van der Waals surface area contributed by atoms with Gasteiger partial charge < -0.3 is 10.1 Å². The lowest BCUT2D eigenvalue weighted by molar-refractivity contribution is 0.302. The number of anilines is 1. The molecule has 0 heterocycles. The molecule has 0 spiro atoms. The Balaban J connectivity index is 1.68. The first-order chi connectivity index (χ1) is 9.80. The SMILES string of the molecule is COc1cc(C#N)ccc1NC1CCCC(C2CC2)C1. The summed E-state index contributed by atoms with van der Waals surface area (Å²) in [6.45, 7) is 0. The largest absolute Gasteiger partial charge is 0.495 e. The highest BCUT2D eigenvalue weighted by atomic mass is 16.5. The molecule has 20 heavy (non-hydrogen) atoms. The van der Waals surface area contributed by atoms with Gasteiger partial charge in [-0.1, -0.05) is 12.8 Å². The first-order valence-corrected chi connectivity index (χ1v) is 7.65. The fraction of sp³-hybridized carbons (Fsp3) is 0.588. The fourth-order valence-electron chi connectivity index (χ4n) is 3.45. The van der Waals surface area contributed by atoms with E-state index >= 15 is 0 Å². The van der Waals surface area contributed by atoms with Crippen LogP contribution in [0.3, 0.4) is 0 Å². The van der Waals surface area contributed by atoms with Crippen molar-refractivity contribution in [2.45, 2.75) is 44.6 Å². The molecule has 106 valence electrons. The molecule has 2 fully saturated rings. The maximum atomic E-state index is 8.95. The van der Waals surface area contributed by atoms with E-state index in [4.69, 9.17) is 10.00 Å². The lowest BCUT2D eigenvalue weighted by Gasteiger charge is -2.31. The van der Waals surface area contributed by atoms with E-state index in [9.17, 15) is 0 Å². The van der Waals surface area contributed by atoms with E-state index in [0.717, 1.165) is 23.3 Å². The minimum Gasteiger partial charge on any atom is -0.495 e. The van der Waals surface area contributed by atoms with E-state index in [1.807, 2.05) is 18.2 Å². The van der Waals surface area contributed by atoms with Crippen LogP contribution < -0.4 is 10.1 Å². The zero-order valence-electron chi connectivity index (χ0n) is 12.1. The van der Waals surface area contributed by atoms with Crippen molar-refractivity contribution in [2.24, 2.45) is 11.8 Å². The second-order valence-electron chi connectivity index (χ2n) is 6.13. The molecule has 0 bridgehead atoms. The van der Waals surface area contributed by atoms with Crippen molar-refractivity contribution in [1.82, 2.24) is 0 Å². The zero-order chi connectivity index (χ0) is 13.9. The number of benzene rings is 1. The minimum absolute atomic E-state index is 0.552. The highest BCUT2D eigenvalue weighted by molar-refractivity contribution is 5.60. The molecule has 0 saturated heterocycles. The monoisotopic (exact) mass is 270 g/mol. The Hall–Kier alpha value is -1.69. The Morgan fingerprint density at radius 3 is 2.75 bits per heavy atom. The molecule has 2 aliphatic rings. The highest BCUT2D eigenvalue weighted by Gasteiger charge is 2.34. The van der Waals surface area contributed by atoms with Gasteiger partial charge in [-0.2, -0.15) is 5.26 Å². The van der Waals surface area contributed by atoms with Crippen molar-refractivity contribution in [1.29, 1.82) is 5.26 Å². The topological polar surface area (TPSA) is 45.0 Å². The second kappa shape index (κ2) is 5.75. The number of ether oxygens (including phenoxy) is 1. The highest BCUT2D eigenvalue weighted by Crippen LogP contribution is 2.44. The molecule has 2 atom stereocenters. The van der Waals surface area contributed by atoms with Gasteiger partial charge in [-0.25, -0.2) is 0 Å². The minimum atomic E-state index is 0.552. The molecule has 1 N–H and O–H groups in total. The summed E-state index contributed by atoms with van der Waals surface area (Å²) < 4.78 is 5.40. The van der Waals surface area contributed by atoms with Gasteiger partial charge in [-0.3, -0.25) is 0 Å². The number of nitrogens with zero attached hydrogens (tertiary/aromatic N) is 1. The standard InChI is InChI=1S/C17H22N2O/c1-20-17-9-12(11-18)5-8-16(17)19-15-4-2-3-14(10-15)13-6-7-13/h5,8-9,13-15,19H,2-4,6-7,10H2,1H3. The molecule has 0 amide bonds. The van der Waals surface area contributed by atoms with Crippen molar-refractivity contribution in [3.8, 4) is 11.8 Å². The lowest BCUT2D eigenvalue weighted by atomic mass is 9.82. The van der Waals surface area contributed by atoms with E-state index in [1.54, 1.807) is 7.11 Å². The molecule has 0 aromatic heterocycles. The van der Waals surface area contributed by atoms with Crippen LogP contribution in [0.25, 0.3) is 0 Å². The maximum Gasteiger partial charge on any atom is 0.143 e. The van der Waals surface area contributed by atoms with Gasteiger partial charge in [-0.05, 0) is 49.7 Å². The Bertz CT molecular complexity index is 516. The second-order valence-corrected chi connectivity index (χ2v) is 6.13. The zero-order valence-corrected chi connectivity index (χ0v) is 12.1. The van der Waals surface area contributed by atoms with Gasteiger partial charge >= 0.3 is 0 Å². The molecule has 0 aliphatic heterocycles. The van der Waals surface area contributed by atoms with Crippen molar-refractivity contribution in [2.75, 3.05) is 12.4 Å².